The molecular formula is C10H20N2O. The van der Waals surface area contributed by atoms with Crippen LogP contribution in [0.3, 0.4) is 0 Å². The van der Waals surface area contributed by atoms with Crippen molar-refractivity contribution in [2.75, 3.05) is 6.54 Å². The van der Waals surface area contributed by atoms with Crippen molar-refractivity contribution in [2.24, 2.45) is 5.73 Å². The van der Waals surface area contributed by atoms with Crippen LogP contribution < -0.4 is 5.73 Å². The summed E-state index contributed by atoms with van der Waals surface area (Å²) in [7, 11) is 0. The normalized spacial score (nSPS) is 24.4. The van der Waals surface area contributed by atoms with Gasteiger partial charge in [0.15, 0.2) is 0 Å². The summed E-state index contributed by atoms with van der Waals surface area (Å²) in [5, 5.41) is 0. The Morgan fingerprint density at radius 3 is 2.77 bits per heavy atom. The Bertz CT molecular complexity index is 182. The van der Waals surface area contributed by atoms with Crippen LogP contribution in [-0.2, 0) is 4.79 Å². The molecule has 2 atom stereocenters. The molecule has 3 heteroatoms. The molecule has 76 valence electrons. The number of carbonyl (C=O) groups is 1. The molecular weight excluding hydrogens is 164 g/mol. The van der Waals surface area contributed by atoms with E-state index in [0.29, 0.717) is 6.04 Å². The van der Waals surface area contributed by atoms with Gasteiger partial charge in [-0.2, -0.15) is 0 Å². The minimum Gasteiger partial charge on any atom is -0.336 e. The molecule has 0 bridgehead atoms. The molecule has 13 heavy (non-hydrogen) atoms. The molecule has 0 aromatic carbocycles. The van der Waals surface area contributed by atoms with Crippen molar-refractivity contribution in [1.82, 2.24) is 4.90 Å². The lowest BCUT2D eigenvalue weighted by molar-refractivity contribution is -0.145. The third kappa shape index (κ3) is 2.44. The molecule has 1 saturated heterocycles. The largest absolute Gasteiger partial charge is 0.336 e. The summed E-state index contributed by atoms with van der Waals surface area (Å²) < 4.78 is 0. The molecule has 3 nitrogen and oxygen atoms in total. The number of nitrogens with two attached hydrogens (primary N) is 1. The van der Waals surface area contributed by atoms with Crippen molar-refractivity contribution in [1.29, 1.82) is 0 Å². The second-order valence-corrected chi connectivity index (χ2v) is 3.94. The zero-order chi connectivity index (χ0) is 9.84. The first-order chi connectivity index (χ1) is 6.16. The van der Waals surface area contributed by atoms with Crippen LogP contribution in [0.25, 0.3) is 0 Å². The molecule has 2 N–H and O–H groups in total. The molecule has 1 rings (SSSR count). The van der Waals surface area contributed by atoms with Gasteiger partial charge in [0.05, 0.1) is 0 Å². The number of likely N-dealkylation sites (tertiary alicyclic amines) is 1. The summed E-state index contributed by atoms with van der Waals surface area (Å²) >= 11 is 0. The van der Waals surface area contributed by atoms with Gasteiger partial charge >= 0.3 is 0 Å². The fourth-order valence-electron chi connectivity index (χ4n) is 1.72. The van der Waals surface area contributed by atoms with Gasteiger partial charge in [-0.15, -0.1) is 0 Å². The Labute approximate surface area is 80.3 Å². The van der Waals surface area contributed by atoms with E-state index < -0.39 is 0 Å². The van der Waals surface area contributed by atoms with E-state index in [2.05, 4.69) is 13.8 Å². The molecule has 0 aromatic heterocycles. The third-order valence-corrected chi connectivity index (χ3v) is 2.75. The minimum absolute atomic E-state index is 0.129. The Morgan fingerprint density at radius 2 is 2.31 bits per heavy atom. The van der Waals surface area contributed by atoms with Crippen LogP contribution in [0.1, 0.15) is 39.5 Å². The van der Waals surface area contributed by atoms with E-state index in [0.717, 1.165) is 13.0 Å². The fraction of sp³-hybridized carbons (Fsp3) is 0.900. The smallest absolute Gasteiger partial charge is 0.241 e. The standard InChI is InChI=1S/C10H20N2O/c1-3-4-5-6-8(2)12-7-9(11)10(12)13/h8-9H,3-7,11H2,1-2H3. The Balaban J connectivity index is 2.17. The van der Waals surface area contributed by atoms with E-state index >= 15 is 0 Å². The van der Waals surface area contributed by atoms with E-state index in [1.165, 1.54) is 19.3 Å². The molecule has 0 aliphatic carbocycles. The maximum absolute atomic E-state index is 11.2. The van der Waals surface area contributed by atoms with Crippen LogP contribution in [0.4, 0.5) is 0 Å². The number of amides is 1. The second kappa shape index (κ2) is 4.61. The lowest BCUT2D eigenvalue weighted by Gasteiger charge is -2.40. The highest BCUT2D eigenvalue weighted by molar-refractivity contribution is 5.87. The molecule has 2 unspecified atom stereocenters. The van der Waals surface area contributed by atoms with E-state index in [1.54, 1.807) is 0 Å². The third-order valence-electron chi connectivity index (χ3n) is 2.75. The molecule has 0 spiro atoms. The van der Waals surface area contributed by atoms with E-state index in [4.69, 9.17) is 5.73 Å². The summed E-state index contributed by atoms with van der Waals surface area (Å²) in [6, 6.07) is 0.174. The van der Waals surface area contributed by atoms with Crippen molar-refractivity contribution >= 4 is 5.91 Å². The summed E-state index contributed by atoms with van der Waals surface area (Å²) in [6.45, 7) is 5.06. The van der Waals surface area contributed by atoms with Gasteiger partial charge in [0.25, 0.3) is 0 Å². The number of unbranched alkanes of at least 4 members (excludes halogenated alkanes) is 2. The molecule has 0 saturated carbocycles. The van der Waals surface area contributed by atoms with Gasteiger partial charge in [-0.05, 0) is 13.3 Å². The maximum Gasteiger partial charge on any atom is 0.241 e. The van der Waals surface area contributed by atoms with Crippen LogP contribution in [-0.4, -0.2) is 29.4 Å². The molecule has 1 aliphatic heterocycles. The summed E-state index contributed by atoms with van der Waals surface area (Å²) in [5.74, 6) is 0.129. The average Bonchev–Trinajstić information content (AvgIpc) is 2.13. The number of hydrogen-bond acceptors (Lipinski definition) is 2. The van der Waals surface area contributed by atoms with Gasteiger partial charge in [0.2, 0.25) is 5.91 Å². The molecule has 1 aliphatic rings. The monoisotopic (exact) mass is 184 g/mol. The summed E-state index contributed by atoms with van der Waals surface area (Å²) in [5.41, 5.74) is 5.51. The minimum atomic E-state index is -0.214. The topological polar surface area (TPSA) is 46.3 Å². The highest BCUT2D eigenvalue weighted by Gasteiger charge is 2.35. The molecule has 0 radical (unpaired) electrons. The lowest BCUT2D eigenvalue weighted by Crippen LogP contribution is -2.63. The zero-order valence-corrected chi connectivity index (χ0v) is 8.62. The van der Waals surface area contributed by atoms with Gasteiger partial charge in [-0.1, -0.05) is 26.2 Å². The fourth-order valence-corrected chi connectivity index (χ4v) is 1.72. The van der Waals surface area contributed by atoms with Gasteiger partial charge in [0, 0.05) is 12.6 Å². The van der Waals surface area contributed by atoms with Crippen molar-refractivity contribution < 1.29 is 4.79 Å². The van der Waals surface area contributed by atoms with Gasteiger partial charge < -0.3 is 10.6 Å². The number of β-lactam (4-membered cyclic amide) rings is 1. The number of nitrogens with zero attached hydrogens (tertiary/aromatic N) is 1. The van der Waals surface area contributed by atoms with Crippen LogP contribution in [0.5, 0.6) is 0 Å². The summed E-state index contributed by atoms with van der Waals surface area (Å²) in [4.78, 5) is 13.1. The van der Waals surface area contributed by atoms with Crippen molar-refractivity contribution in [3.05, 3.63) is 0 Å². The van der Waals surface area contributed by atoms with Crippen LogP contribution >= 0.6 is 0 Å². The van der Waals surface area contributed by atoms with E-state index in [-0.39, 0.29) is 11.9 Å². The van der Waals surface area contributed by atoms with E-state index in [9.17, 15) is 4.79 Å². The highest BCUT2D eigenvalue weighted by Crippen LogP contribution is 2.16. The van der Waals surface area contributed by atoms with Crippen molar-refractivity contribution in [2.45, 2.75) is 51.6 Å². The Kier molecular flexibility index (Phi) is 3.72. The zero-order valence-electron chi connectivity index (χ0n) is 8.62. The average molecular weight is 184 g/mol. The van der Waals surface area contributed by atoms with Gasteiger partial charge in [-0.3, -0.25) is 4.79 Å². The first-order valence-electron chi connectivity index (χ1n) is 5.23. The Morgan fingerprint density at radius 1 is 1.62 bits per heavy atom. The summed E-state index contributed by atoms with van der Waals surface area (Å²) in [6.07, 6.45) is 4.83. The van der Waals surface area contributed by atoms with Crippen molar-refractivity contribution in [3.63, 3.8) is 0 Å². The van der Waals surface area contributed by atoms with Gasteiger partial charge in [-0.25, -0.2) is 0 Å². The Hall–Kier alpha value is -0.570. The molecule has 0 aromatic rings. The molecule has 1 fully saturated rings. The van der Waals surface area contributed by atoms with Crippen LogP contribution in [0, 0.1) is 0 Å². The molecule has 1 amide bonds. The molecule has 1 heterocycles. The van der Waals surface area contributed by atoms with Crippen molar-refractivity contribution in [3.8, 4) is 0 Å². The highest BCUT2D eigenvalue weighted by atomic mass is 16.2. The predicted octanol–water partition coefficient (Wildman–Crippen LogP) is 1.12. The van der Waals surface area contributed by atoms with Crippen LogP contribution in [0.15, 0.2) is 0 Å². The number of carbonyl (C=O) groups excluding carboxylic acids is 1. The predicted molar refractivity (Wildman–Crippen MR) is 53.3 cm³/mol. The van der Waals surface area contributed by atoms with Gasteiger partial charge in [0.1, 0.15) is 6.04 Å². The maximum atomic E-state index is 11.2. The van der Waals surface area contributed by atoms with E-state index in [1.807, 2.05) is 4.90 Å². The quantitative estimate of drug-likeness (QED) is 0.514. The first-order valence-corrected chi connectivity index (χ1v) is 5.23. The first kappa shape index (κ1) is 10.5. The second-order valence-electron chi connectivity index (χ2n) is 3.94. The number of rotatable bonds is 5. The SMILES string of the molecule is CCCCCC(C)N1CC(N)C1=O. The lowest BCUT2D eigenvalue weighted by atomic mass is 10.0. The number of hydrogen-bond donors (Lipinski definition) is 1. The van der Waals surface area contributed by atoms with Crippen LogP contribution in [0.2, 0.25) is 0 Å².